The predicted octanol–water partition coefficient (Wildman–Crippen LogP) is 7.46. The van der Waals surface area contributed by atoms with Crippen molar-refractivity contribution in [1.29, 1.82) is 0 Å². The molecule has 2 aromatic carbocycles. The molecule has 2 aromatic rings. The van der Waals surface area contributed by atoms with E-state index in [9.17, 15) is 4.79 Å². The lowest BCUT2D eigenvalue weighted by molar-refractivity contribution is -0.0843. The van der Waals surface area contributed by atoms with Crippen molar-refractivity contribution in [2.24, 2.45) is 0 Å². The van der Waals surface area contributed by atoms with E-state index in [-0.39, 0.29) is 34.9 Å². The number of esters is 1. The highest BCUT2D eigenvalue weighted by molar-refractivity contribution is 5.90. The zero-order valence-corrected chi connectivity index (χ0v) is 21.4. The number of benzene rings is 2. The van der Waals surface area contributed by atoms with Gasteiger partial charge in [-0.1, -0.05) is 67.6 Å². The van der Waals surface area contributed by atoms with Gasteiger partial charge in [0.15, 0.2) is 0 Å². The summed E-state index contributed by atoms with van der Waals surface area (Å²) < 4.78 is 21.0. The molecule has 1 fully saturated rings. The summed E-state index contributed by atoms with van der Waals surface area (Å²) in [7, 11) is 0. The molecule has 0 saturated carbocycles. The summed E-state index contributed by atoms with van der Waals surface area (Å²) in [6.45, 7) is 12.0. The smallest absolute Gasteiger partial charge is 0.338 e. The fourth-order valence-electron chi connectivity index (χ4n) is 5.93. The van der Waals surface area contributed by atoms with Gasteiger partial charge in [-0.3, -0.25) is 4.90 Å². The number of rotatable bonds is 5. The second-order valence-electron chi connectivity index (χ2n) is 10.8. The average molecular weight is 474 g/mol. The van der Waals surface area contributed by atoms with Gasteiger partial charge in [-0.2, -0.15) is 0 Å². The Morgan fingerprint density at radius 1 is 0.943 bits per heavy atom. The number of allylic oxidation sites excluding steroid dienone is 6. The predicted molar refractivity (Wildman–Crippen MR) is 141 cm³/mol. The van der Waals surface area contributed by atoms with Gasteiger partial charge in [0.05, 0.1) is 5.56 Å². The lowest BCUT2D eigenvalue weighted by Gasteiger charge is -2.54. The van der Waals surface area contributed by atoms with E-state index >= 15 is 4.39 Å². The topological polar surface area (TPSA) is 29.5 Å². The van der Waals surface area contributed by atoms with Crippen molar-refractivity contribution >= 4 is 5.97 Å². The summed E-state index contributed by atoms with van der Waals surface area (Å²) in [6.07, 6.45) is 13.4. The fourth-order valence-corrected chi connectivity index (χ4v) is 5.93. The maximum Gasteiger partial charge on any atom is 0.338 e. The van der Waals surface area contributed by atoms with Crippen LogP contribution in [0.1, 0.15) is 69.3 Å². The molecule has 1 heterocycles. The van der Waals surface area contributed by atoms with Gasteiger partial charge in [0.1, 0.15) is 11.9 Å². The van der Waals surface area contributed by atoms with Gasteiger partial charge < -0.3 is 4.74 Å². The monoisotopic (exact) mass is 473 g/mol. The second-order valence-corrected chi connectivity index (χ2v) is 10.8. The van der Waals surface area contributed by atoms with Crippen molar-refractivity contribution in [3.8, 4) is 11.1 Å². The molecule has 0 radical (unpaired) electrons. The first-order chi connectivity index (χ1) is 16.6. The Hall–Kier alpha value is -2.98. The number of piperidine rings is 1. The number of likely N-dealkylation sites (tertiary alicyclic amines) is 1. The first-order valence-corrected chi connectivity index (χ1v) is 12.5. The zero-order valence-electron chi connectivity index (χ0n) is 21.4. The summed E-state index contributed by atoms with van der Waals surface area (Å²) in [6, 6.07) is 12.4. The average Bonchev–Trinajstić information content (AvgIpc) is 3.07. The molecule has 0 amide bonds. The summed E-state index contributed by atoms with van der Waals surface area (Å²) in [4.78, 5) is 15.4. The fraction of sp³-hybridized carbons (Fsp3) is 0.387. The molecular weight excluding hydrogens is 437 g/mol. The number of hydrogen-bond acceptors (Lipinski definition) is 3. The van der Waals surface area contributed by atoms with E-state index in [2.05, 4.69) is 39.5 Å². The zero-order chi connectivity index (χ0) is 25.2. The molecule has 1 aliphatic carbocycles. The molecule has 184 valence electrons. The standard InChI is InChI=1S/C31H36FNO2/c1-6-33-30(2,3)20-26(21-31(33,4)5)35-29(34)24-15-13-23(14-16-24)27-18-17-25(19-28(27)32)22-11-9-7-8-10-12-22/h7-19,22,26H,6,20-21H2,1-5H3. The third kappa shape index (κ3) is 5.48. The van der Waals surface area contributed by atoms with Crippen LogP contribution in [0.5, 0.6) is 0 Å². The molecule has 0 unspecified atom stereocenters. The Bertz CT molecular complexity index is 1120. The van der Waals surface area contributed by atoms with E-state index in [0.29, 0.717) is 11.1 Å². The van der Waals surface area contributed by atoms with Crippen LogP contribution in [0.3, 0.4) is 0 Å². The third-order valence-electron chi connectivity index (χ3n) is 7.29. The van der Waals surface area contributed by atoms with Crippen molar-refractivity contribution in [3.63, 3.8) is 0 Å². The van der Waals surface area contributed by atoms with Gasteiger partial charge in [-0.15, -0.1) is 0 Å². The minimum Gasteiger partial charge on any atom is -0.459 e. The number of carbonyl (C=O) groups excluding carboxylic acids is 1. The van der Waals surface area contributed by atoms with Crippen LogP contribution in [0.4, 0.5) is 4.39 Å². The van der Waals surface area contributed by atoms with Crippen molar-refractivity contribution in [1.82, 2.24) is 4.90 Å². The van der Waals surface area contributed by atoms with Crippen molar-refractivity contribution in [2.45, 2.75) is 70.6 Å². The molecule has 0 spiro atoms. The van der Waals surface area contributed by atoms with Crippen LogP contribution in [0.25, 0.3) is 11.1 Å². The van der Waals surface area contributed by atoms with E-state index in [0.717, 1.165) is 30.5 Å². The quantitative estimate of drug-likeness (QED) is 0.422. The molecule has 0 bridgehead atoms. The minimum atomic E-state index is -0.325. The van der Waals surface area contributed by atoms with Gasteiger partial charge in [-0.25, -0.2) is 9.18 Å². The summed E-state index contributed by atoms with van der Waals surface area (Å²) in [5.41, 5.74) is 2.55. The first-order valence-electron chi connectivity index (χ1n) is 12.5. The molecule has 3 nitrogen and oxygen atoms in total. The summed E-state index contributed by atoms with van der Waals surface area (Å²) in [5.74, 6) is -0.553. The largest absolute Gasteiger partial charge is 0.459 e. The number of nitrogens with zero attached hydrogens (tertiary/aromatic N) is 1. The van der Waals surface area contributed by atoms with Gasteiger partial charge in [0, 0.05) is 35.4 Å². The van der Waals surface area contributed by atoms with E-state index in [1.54, 1.807) is 30.3 Å². The van der Waals surface area contributed by atoms with Gasteiger partial charge in [-0.05, 0) is 63.6 Å². The molecule has 4 rings (SSSR count). The number of halogens is 1. The summed E-state index contributed by atoms with van der Waals surface area (Å²) >= 11 is 0. The normalized spacial score (nSPS) is 20.1. The van der Waals surface area contributed by atoms with Gasteiger partial charge in [0.2, 0.25) is 0 Å². The molecule has 2 aliphatic rings. The molecule has 0 N–H and O–H groups in total. The Morgan fingerprint density at radius 2 is 1.54 bits per heavy atom. The molecule has 1 saturated heterocycles. The lowest BCUT2D eigenvalue weighted by Crippen LogP contribution is -2.62. The minimum absolute atomic E-state index is 0.0462. The maximum absolute atomic E-state index is 15.0. The molecular formula is C31H36FNO2. The van der Waals surface area contributed by atoms with E-state index in [1.165, 1.54) is 0 Å². The van der Waals surface area contributed by atoms with Crippen LogP contribution < -0.4 is 0 Å². The number of carbonyl (C=O) groups is 1. The highest BCUT2D eigenvalue weighted by atomic mass is 19.1. The van der Waals surface area contributed by atoms with E-state index in [1.807, 2.05) is 48.6 Å². The van der Waals surface area contributed by atoms with Crippen molar-refractivity contribution in [3.05, 3.63) is 95.9 Å². The number of ether oxygens (including phenoxy) is 1. The van der Waals surface area contributed by atoms with Crippen molar-refractivity contribution < 1.29 is 13.9 Å². The molecule has 35 heavy (non-hydrogen) atoms. The SMILES string of the molecule is CCN1C(C)(C)CC(OC(=O)c2ccc(-c3ccc(C4C=CC=CC=C4)cc3F)cc2)CC1(C)C. The Labute approximate surface area is 209 Å². The first kappa shape index (κ1) is 25.1. The molecule has 1 aliphatic heterocycles. The van der Waals surface area contributed by atoms with Crippen molar-refractivity contribution in [2.75, 3.05) is 6.54 Å². The van der Waals surface area contributed by atoms with Crippen LogP contribution >= 0.6 is 0 Å². The summed E-state index contributed by atoms with van der Waals surface area (Å²) in [5, 5.41) is 0. The molecule has 0 atom stereocenters. The van der Waals surface area contributed by atoms with Crippen LogP contribution in [-0.4, -0.2) is 34.6 Å². The molecule has 4 heteroatoms. The van der Waals surface area contributed by atoms with Crippen LogP contribution in [-0.2, 0) is 4.74 Å². The second kappa shape index (κ2) is 9.94. The van der Waals surface area contributed by atoms with Crippen LogP contribution in [0, 0.1) is 5.82 Å². The lowest BCUT2D eigenvalue weighted by atomic mass is 9.78. The third-order valence-corrected chi connectivity index (χ3v) is 7.29. The van der Waals surface area contributed by atoms with E-state index in [4.69, 9.17) is 4.74 Å². The Kier molecular flexibility index (Phi) is 7.14. The van der Waals surface area contributed by atoms with Gasteiger partial charge >= 0.3 is 5.97 Å². The molecule has 0 aromatic heterocycles. The number of hydrogen-bond donors (Lipinski definition) is 0. The maximum atomic E-state index is 15.0. The Balaban J connectivity index is 1.46. The van der Waals surface area contributed by atoms with Crippen LogP contribution in [0.2, 0.25) is 0 Å². The highest BCUT2D eigenvalue weighted by Crippen LogP contribution is 2.39. The van der Waals surface area contributed by atoms with Crippen LogP contribution in [0.15, 0.2) is 78.9 Å². The highest BCUT2D eigenvalue weighted by Gasteiger charge is 2.45. The van der Waals surface area contributed by atoms with E-state index < -0.39 is 0 Å². The Morgan fingerprint density at radius 3 is 2.09 bits per heavy atom. The van der Waals surface area contributed by atoms with Gasteiger partial charge in [0.25, 0.3) is 0 Å².